The van der Waals surface area contributed by atoms with Gasteiger partial charge >= 0.3 is 0 Å². The van der Waals surface area contributed by atoms with Gasteiger partial charge in [-0.05, 0) is 38.5 Å². The van der Waals surface area contributed by atoms with Crippen molar-refractivity contribution in [3.63, 3.8) is 0 Å². The average molecular weight is 301 g/mol. The Kier molecular flexibility index (Phi) is 5.66. The van der Waals surface area contributed by atoms with Crippen LogP contribution in [0.3, 0.4) is 0 Å². The summed E-state index contributed by atoms with van der Waals surface area (Å²) in [5, 5.41) is 10.4. The summed E-state index contributed by atoms with van der Waals surface area (Å²) in [5.74, 6) is -0.0404. The molecule has 0 spiro atoms. The van der Waals surface area contributed by atoms with E-state index >= 15 is 0 Å². The molecule has 22 heavy (non-hydrogen) atoms. The Labute approximate surface area is 130 Å². The summed E-state index contributed by atoms with van der Waals surface area (Å²) in [6.07, 6.45) is 5.56. The topological polar surface area (TPSA) is 71.8 Å². The molecule has 0 aromatic carbocycles. The van der Waals surface area contributed by atoms with Crippen LogP contribution in [0.4, 0.5) is 0 Å². The van der Waals surface area contributed by atoms with E-state index in [0.717, 1.165) is 11.3 Å². The Balaban J connectivity index is 1.73. The summed E-state index contributed by atoms with van der Waals surface area (Å²) >= 11 is 0. The molecule has 0 saturated heterocycles. The molecule has 0 aliphatic heterocycles. The van der Waals surface area contributed by atoms with Gasteiger partial charge in [0.1, 0.15) is 0 Å². The Hall–Kier alpha value is -2.21. The summed E-state index contributed by atoms with van der Waals surface area (Å²) in [7, 11) is 0. The van der Waals surface area contributed by atoms with E-state index in [2.05, 4.69) is 27.6 Å². The quantitative estimate of drug-likeness (QED) is 0.812. The zero-order valence-corrected chi connectivity index (χ0v) is 13.3. The van der Waals surface area contributed by atoms with Gasteiger partial charge in [-0.25, -0.2) is 0 Å². The van der Waals surface area contributed by atoms with Crippen molar-refractivity contribution in [2.45, 2.75) is 39.4 Å². The van der Waals surface area contributed by atoms with E-state index < -0.39 is 0 Å². The van der Waals surface area contributed by atoms with Crippen molar-refractivity contribution in [1.29, 1.82) is 0 Å². The lowest BCUT2D eigenvalue weighted by atomic mass is 10.2. The van der Waals surface area contributed by atoms with Crippen molar-refractivity contribution < 1.29 is 4.79 Å². The van der Waals surface area contributed by atoms with E-state index in [4.69, 9.17) is 0 Å². The molecule has 0 bridgehead atoms. The zero-order chi connectivity index (χ0) is 15.9. The first-order valence-corrected chi connectivity index (χ1v) is 7.47. The highest BCUT2D eigenvalue weighted by molar-refractivity contribution is 5.77. The van der Waals surface area contributed by atoms with Crippen LogP contribution in [0, 0.1) is 6.92 Å². The second kappa shape index (κ2) is 7.70. The number of aryl methyl sites for hydroxylation is 1. The van der Waals surface area contributed by atoms with Gasteiger partial charge in [0, 0.05) is 18.4 Å². The summed E-state index contributed by atoms with van der Waals surface area (Å²) in [6.45, 7) is 6.87. The van der Waals surface area contributed by atoms with Crippen LogP contribution >= 0.6 is 0 Å². The molecule has 2 atom stereocenters. The highest BCUT2D eigenvalue weighted by atomic mass is 16.1. The van der Waals surface area contributed by atoms with Gasteiger partial charge in [-0.3, -0.25) is 14.5 Å². The largest absolute Gasteiger partial charge is 0.349 e. The zero-order valence-electron chi connectivity index (χ0n) is 13.3. The second-order valence-electron chi connectivity index (χ2n) is 5.51. The van der Waals surface area contributed by atoms with Crippen molar-refractivity contribution in [2.24, 2.45) is 0 Å². The lowest BCUT2D eigenvalue weighted by Gasteiger charge is -2.21. The average Bonchev–Trinajstić information content (AvgIpc) is 2.97. The number of carbonyl (C=O) groups excluding carboxylic acids is 1. The third kappa shape index (κ3) is 4.66. The number of amides is 1. The van der Waals surface area contributed by atoms with Crippen molar-refractivity contribution in [1.82, 2.24) is 25.4 Å². The normalized spacial score (nSPS) is 13.6. The first kappa shape index (κ1) is 16.2. The van der Waals surface area contributed by atoms with Crippen molar-refractivity contribution in [2.75, 3.05) is 6.54 Å². The van der Waals surface area contributed by atoms with Crippen molar-refractivity contribution >= 4 is 5.91 Å². The molecule has 1 amide bonds. The fourth-order valence-corrected chi connectivity index (χ4v) is 2.06. The predicted octanol–water partition coefficient (Wildman–Crippen LogP) is 1.44. The standard InChI is InChI=1S/C16H23N5O/c1-12-8-20-21(11-12)14(3)13(2)18-10-16(22)19-9-15-6-4-5-7-17-15/h4-8,11,13-14,18H,9-10H2,1-3H3,(H,19,22)/t13-,14-/m0/s1. The van der Waals surface area contributed by atoms with Gasteiger partial charge in [-0.1, -0.05) is 6.07 Å². The molecule has 6 nitrogen and oxygen atoms in total. The van der Waals surface area contributed by atoms with Gasteiger partial charge in [0.2, 0.25) is 5.91 Å². The molecule has 2 N–H and O–H groups in total. The van der Waals surface area contributed by atoms with E-state index in [1.54, 1.807) is 6.20 Å². The molecule has 2 rings (SSSR count). The summed E-state index contributed by atoms with van der Waals surface area (Å²) in [6, 6.07) is 5.96. The molecule has 0 aliphatic rings. The number of pyridine rings is 1. The van der Waals surface area contributed by atoms with E-state index in [-0.39, 0.29) is 24.5 Å². The third-order valence-electron chi connectivity index (χ3n) is 3.65. The van der Waals surface area contributed by atoms with Crippen LogP contribution in [-0.2, 0) is 11.3 Å². The van der Waals surface area contributed by atoms with Crippen LogP contribution in [0.15, 0.2) is 36.8 Å². The van der Waals surface area contributed by atoms with Crippen LogP contribution < -0.4 is 10.6 Å². The van der Waals surface area contributed by atoms with Crippen molar-refractivity contribution in [3.8, 4) is 0 Å². The van der Waals surface area contributed by atoms with E-state index in [1.165, 1.54) is 0 Å². The van der Waals surface area contributed by atoms with Crippen LogP contribution in [0.1, 0.15) is 31.1 Å². The van der Waals surface area contributed by atoms with Crippen LogP contribution in [0.2, 0.25) is 0 Å². The number of aromatic nitrogens is 3. The number of hydrogen-bond donors (Lipinski definition) is 2. The van der Waals surface area contributed by atoms with Crippen LogP contribution in [0.5, 0.6) is 0 Å². The molecule has 2 heterocycles. The van der Waals surface area contributed by atoms with Crippen LogP contribution in [0.25, 0.3) is 0 Å². The lowest BCUT2D eigenvalue weighted by molar-refractivity contribution is -0.120. The number of nitrogens with zero attached hydrogens (tertiary/aromatic N) is 3. The van der Waals surface area contributed by atoms with E-state index in [9.17, 15) is 4.79 Å². The molecule has 0 unspecified atom stereocenters. The minimum Gasteiger partial charge on any atom is -0.349 e. The smallest absolute Gasteiger partial charge is 0.234 e. The van der Waals surface area contributed by atoms with Crippen LogP contribution in [-0.4, -0.2) is 33.3 Å². The molecule has 6 heteroatoms. The maximum absolute atomic E-state index is 11.9. The molecular weight excluding hydrogens is 278 g/mol. The molecule has 2 aromatic rings. The predicted molar refractivity (Wildman–Crippen MR) is 85.2 cm³/mol. The van der Waals surface area contributed by atoms with Crippen molar-refractivity contribution in [3.05, 3.63) is 48.0 Å². The monoisotopic (exact) mass is 301 g/mol. The van der Waals surface area contributed by atoms with Gasteiger partial charge in [0.05, 0.1) is 31.0 Å². The summed E-state index contributed by atoms with van der Waals surface area (Å²) < 4.78 is 1.92. The fraction of sp³-hybridized carbons (Fsp3) is 0.438. The highest BCUT2D eigenvalue weighted by Crippen LogP contribution is 2.10. The number of carbonyl (C=O) groups is 1. The minimum atomic E-state index is -0.0404. The Morgan fingerprint density at radius 1 is 1.36 bits per heavy atom. The van der Waals surface area contributed by atoms with Gasteiger partial charge in [-0.2, -0.15) is 5.10 Å². The fourth-order valence-electron chi connectivity index (χ4n) is 2.06. The second-order valence-corrected chi connectivity index (χ2v) is 5.51. The van der Waals surface area contributed by atoms with Gasteiger partial charge in [0.15, 0.2) is 0 Å². The number of rotatable bonds is 7. The van der Waals surface area contributed by atoms with Gasteiger partial charge < -0.3 is 10.6 Å². The maximum Gasteiger partial charge on any atom is 0.234 e. The van der Waals surface area contributed by atoms with Gasteiger partial charge in [-0.15, -0.1) is 0 Å². The molecular formula is C16H23N5O. The SMILES string of the molecule is Cc1cnn([C@@H](C)[C@H](C)NCC(=O)NCc2ccccn2)c1. The first-order chi connectivity index (χ1) is 10.6. The molecule has 0 aliphatic carbocycles. The number of nitrogens with one attached hydrogen (secondary N) is 2. The lowest BCUT2D eigenvalue weighted by Crippen LogP contribution is -2.41. The summed E-state index contributed by atoms with van der Waals surface area (Å²) in [4.78, 5) is 16.0. The van der Waals surface area contributed by atoms with E-state index in [1.807, 2.05) is 49.1 Å². The van der Waals surface area contributed by atoms with E-state index in [0.29, 0.717) is 6.54 Å². The molecule has 2 aromatic heterocycles. The number of hydrogen-bond acceptors (Lipinski definition) is 4. The molecule has 118 valence electrons. The van der Waals surface area contributed by atoms with Gasteiger partial charge in [0.25, 0.3) is 0 Å². The Bertz CT molecular complexity index is 596. The highest BCUT2D eigenvalue weighted by Gasteiger charge is 2.15. The molecule has 0 radical (unpaired) electrons. The summed E-state index contributed by atoms with van der Waals surface area (Å²) in [5.41, 5.74) is 1.98. The maximum atomic E-state index is 11.9. The minimum absolute atomic E-state index is 0.0404. The molecule has 0 saturated carbocycles. The first-order valence-electron chi connectivity index (χ1n) is 7.47. The Morgan fingerprint density at radius 2 is 2.18 bits per heavy atom. The Morgan fingerprint density at radius 3 is 2.82 bits per heavy atom. The molecule has 0 fully saturated rings. The third-order valence-corrected chi connectivity index (χ3v) is 3.65.